The molecule has 0 fully saturated rings. The lowest BCUT2D eigenvalue weighted by Gasteiger charge is -2.01. The molecule has 0 amide bonds. The smallest absolute Gasteiger partial charge is 0.150 e. The van der Waals surface area contributed by atoms with Crippen LogP contribution in [0.1, 0.15) is 15.2 Å². The number of aldehydes is 1. The minimum Gasteiger partial charge on any atom is -0.298 e. The Morgan fingerprint density at radius 2 is 2.12 bits per heavy atom. The first kappa shape index (κ1) is 10.5. The van der Waals surface area contributed by atoms with E-state index >= 15 is 0 Å². The van der Waals surface area contributed by atoms with Crippen LogP contribution in [0, 0.1) is 17.1 Å². The van der Waals surface area contributed by atoms with Crippen molar-refractivity contribution in [1.82, 2.24) is 0 Å². The van der Waals surface area contributed by atoms with Crippen LogP contribution < -0.4 is 0 Å². The maximum Gasteiger partial charge on any atom is 0.150 e. The summed E-state index contributed by atoms with van der Waals surface area (Å²) in [7, 11) is 0. The molecule has 16 heavy (non-hydrogen) atoms. The Bertz CT molecular complexity index is 583. The lowest BCUT2D eigenvalue weighted by atomic mass is 10.1. The van der Waals surface area contributed by atoms with E-state index in [2.05, 4.69) is 0 Å². The Hall–Kier alpha value is -1.99. The highest BCUT2D eigenvalue weighted by atomic mass is 32.1. The van der Waals surface area contributed by atoms with E-state index in [4.69, 9.17) is 5.26 Å². The van der Waals surface area contributed by atoms with E-state index < -0.39 is 5.82 Å². The minimum absolute atomic E-state index is 0.298. The molecule has 0 unspecified atom stereocenters. The van der Waals surface area contributed by atoms with Gasteiger partial charge in [-0.2, -0.15) is 5.26 Å². The summed E-state index contributed by atoms with van der Waals surface area (Å²) in [6, 6.07) is 9.49. The number of thiophene rings is 1. The average molecular weight is 231 g/mol. The second-order valence-corrected chi connectivity index (χ2v) is 4.21. The van der Waals surface area contributed by atoms with Gasteiger partial charge in [-0.1, -0.05) is 0 Å². The zero-order valence-corrected chi connectivity index (χ0v) is 8.92. The fourth-order valence-electron chi connectivity index (χ4n) is 1.40. The molecule has 0 N–H and O–H groups in total. The first-order chi connectivity index (χ1) is 7.74. The van der Waals surface area contributed by atoms with E-state index in [1.807, 2.05) is 6.07 Å². The lowest BCUT2D eigenvalue weighted by molar-refractivity contribution is 0.112. The second-order valence-electron chi connectivity index (χ2n) is 3.13. The van der Waals surface area contributed by atoms with E-state index in [0.717, 1.165) is 4.88 Å². The molecule has 0 atom stereocenters. The summed E-state index contributed by atoms with van der Waals surface area (Å²) in [4.78, 5) is 12.2. The molecule has 0 aliphatic carbocycles. The zero-order valence-electron chi connectivity index (χ0n) is 8.11. The molecule has 1 heterocycles. The first-order valence-electron chi connectivity index (χ1n) is 4.49. The predicted molar refractivity (Wildman–Crippen MR) is 59.8 cm³/mol. The van der Waals surface area contributed by atoms with Gasteiger partial charge in [-0.3, -0.25) is 4.79 Å². The molecule has 1 aromatic heterocycles. The maximum absolute atomic E-state index is 12.9. The minimum atomic E-state index is -0.442. The predicted octanol–water partition coefficient (Wildman–Crippen LogP) is 3.24. The number of rotatable bonds is 2. The first-order valence-corrected chi connectivity index (χ1v) is 5.31. The number of halogens is 1. The molecular formula is C12H6FNOS. The van der Waals surface area contributed by atoms with Gasteiger partial charge in [0, 0.05) is 16.0 Å². The van der Waals surface area contributed by atoms with Crippen molar-refractivity contribution in [2.24, 2.45) is 0 Å². The van der Waals surface area contributed by atoms with Crippen molar-refractivity contribution >= 4 is 17.6 Å². The molecule has 0 saturated carbocycles. The molecule has 2 aromatic rings. The molecule has 0 aliphatic heterocycles. The quantitative estimate of drug-likeness (QED) is 0.744. The molecule has 0 bridgehead atoms. The number of nitriles is 1. The van der Waals surface area contributed by atoms with Crippen LogP contribution in [0.4, 0.5) is 4.39 Å². The van der Waals surface area contributed by atoms with Crippen LogP contribution >= 0.6 is 11.3 Å². The molecule has 1 aromatic carbocycles. The molecule has 2 rings (SSSR count). The fraction of sp³-hybridized carbons (Fsp3) is 0. The van der Waals surface area contributed by atoms with Crippen molar-refractivity contribution in [3.8, 4) is 16.5 Å². The molecule has 4 heteroatoms. The van der Waals surface area contributed by atoms with Gasteiger partial charge >= 0.3 is 0 Å². The number of hydrogen-bond donors (Lipinski definition) is 0. The Morgan fingerprint density at radius 1 is 1.31 bits per heavy atom. The van der Waals surface area contributed by atoms with Crippen LogP contribution in [0.3, 0.4) is 0 Å². The van der Waals surface area contributed by atoms with E-state index in [1.54, 1.807) is 18.2 Å². The number of carbonyl (C=O) groups excluding carboxylic acids is 1. The highest BCUT2D eigenvalue weighted by Gasteiger charge is 2.08. The van der Waals surface area contributed by atoms with Crippen molar-refractivity contribution in [2.45, 2.75) is 0 Å². The monoisotopic (exact) mass is 231 g/mol. The van der Waals surface area contributed by atoms with Gasteiger partial charge in [0.2, 0.25) is 0 Å². The van der Waals surface area contributed by atoms with Crippen LogP contribution in [0.25, 0.3) is 10.4 Å². The van der Waals surface area contributed by atoms with Gasteiger partial charge in [0.1, 0.15) is 16.8 Å². The maximum atomic E-state index is 12.9. The Kier molecular flexibility index (Phi) is 2.80. The van der Waals surface area contributed by atoms with Crippen LogP contribution in [-0.2, 0) is 0 Å². The molecule has 2 nitrogen and oxygen atoms in total. The standard InChI is InChI=1S/C12H6FNOS/c13-9-1-3-11(8(5-9)7-15)12-4-2-10(6-14)16-12/h1-5,7H. The van der Waals surface area contributed by atoms with E-state index in [1.165, 1.54) is 23.5 Å². The van der Waals surface area contributed by atoms with E-state index in [0.29, 0.717) is 22.3 Å². The van der Waals surface area contributed by atoms with Crippen LogP contribution in [0.15, 0.2) is 30.3 Å². The van der Waals surface area contributed by atoms with Gasteiger partial charge < -0.3 is 0 Å². The summed E-state index contributed by atoms with van der Waals surface area (Å²) in [6.07, 6.45) is 0.615. The van der Waals surface area contributed by atoms with Crippen molar-refractivity contribution in [3.63, 3.8) is 0 Å². The molecular weight excluding hydrogens is 225 g/mol. The van der Waals surface area contributed by atoms with Crippen molar-refractivity contribution in [2.75, 3.05) is 0 Å². The molecule has 0 spiro atoms. The largest absolute Gasteiger partial charge is 0.298 e. The summed E-state index contributed by atoms with van der Waals surface area (Å²) in [5, 5.41) is 8.70. The van der Waals surface area contributed by atoms with Crippen molar-refractivity contribution in [1.29, 1.82) is 5.26 Å². The summed E-state index contributed by atoms with van der Waals surface area (Å²) >= 11 is 1.28. The molecule has 0 aliphatic rings. The average Bonchev–Trinajstić information content (AvgIpc) is 2.77. The fourth-order valence-corrected chi connectivity index (χ4v) is 2.25. The van der Waals surface area contributed by atoms with Crippen LogP contribution in [0.5, 0.6) is 0 Å². The Labute approximate surface area is 95.6 Å². The normalized spacial score (nSPS) is 9.75. The van der Waals surface area contributed by atoms with Crippen molar-refractivity contribution < 1.29 is 9.18 Å². The van der Waals surface area contributed by atoms with E-state index in [-0.39, 0.29) is 0 Å². The highest BCUT2D eigenvalue weighted by molar-refractivity contribution is 7.16. The van der Waals surface area contributed by atoms with Gasteiger partial charge in [0.25, 0.3) is 0 Å². The Morgan fingerprint density at radius 3 is 2.75 bits per heavy atom. The van der Waals surface area contributed by atoms with Gasteiger partial charge in [-0.15, -0.1) is 11.3 Å². The number of hydrogen-bond acceptors (Lipinski definition) is 3. The van der Waals surface area contributed by atoms with Crippen molar-refractivity contribution in [3.05, 3.63) is 46.6 Å². The second kappa shape index (κ2) is 4.25. The van der Waals surface area contributed by atoms with E-state index in [9.17, 15) is 9.18 Å². The summed E-state index contributed by atoms with van der Waals surface area (Å²) in [6.45, 7) is 0. The van der Waals surface area contributed by atoms with Gasteiger partial charge in [-0.25, -0.2) is 4.39 Å². The van der Waals surface area contributed by atoms with Crippen LogP contribution in [-0.4, -0.2) is 6.29 Å². The third kappa shape index (κ3) is 1.86. The summed E-state index contributed by atoms with van der Waals surface area (Å²) < 4.78 is 12.9. The molecule has 0 saturated heterocycles. The zero-order chi connectivity index (χ0) is 11.5. The lowest BCUT2D eigenvalue weighted by Crippen LogP contribution is -1.87. The van der Waals surface area contributed by atoms with Gasteiger partial charge in [0.05, 0.1) is 0 Å². The number of nitrogens with zero attached hydrogens (tertiary/aromatic N) is 1. The van der Waals surface area contributed by atoms with Crippen LogP contribution in [0.2, 0.25) is 0 Å². The third-order valence-corrected chi connectivity index (χ3v) is 3.15. The number of benzene rings is 1. The van der Waals surface area contributed by atoms with Gasteiger partial charge in [0.15, 0.2) is 6.29 Å². The Balaban J connectivity index is 2.55. The third-order valence-electron chi connectivity index (χ3n) is 2.12. The highest BCUT2D eigenvalue weighted by Crippen LogP contribution is 2.30. The molecule has 78 valence electrons. The topological polar surface area (TPSA) is 40.9 Å². The number of carbonyl (C=O) groups is 1. The summed E-state index contributed by atoms with van der Waals surface area (Å²) in [5.74, 6) is -0.442. The summed E-state index contributed by atoms with van der Waals surface area (Å²) in [5.41, 5.74) is 0.953. The SMILES string of the molecule is N#Cc1ccc(-c2ccc(F)cc2C=O)s1. The molecule has 0 radical (unpaired) electrons. The van der Waals surface area contributed by atoms with Gasteiger partial charge in [-0.05, 0) is 30.3 Å².